The predicted octanol–water partition coefficient (Wildman–Crippen LogP) is 4.44. The van der Waals surface area contributed by atoms with Crippen LogP contribution in [0.3, 0.4) is 0 Å². The first-order valence-electron chi connectivity index (χ1n) is 12.7. The number of primary amides is 1. The number of carbonyl (C=O) groups excluding carboxylic acids is 1. The van der Waals surface area contributed by atoms with Gasteiger partial charge in [0.15, 0.2) is 17.3 Å². The van der Waals surface area contributed by atoms with Gasteiger partial charge in [0, 0.05) is 18.7 Å². The number of nitrogens with two attached hydrogens (primary N) is 1. The number of amides is 1. The molecule has 4 N–H and O–H groups in total. The number of anilines is 4. The highest BCUT2D eigenvalue weighted by molar-refractivity contribution is 7.67. The number of aryl methyl sites for hydroxylation is 1. The zero-order valence-corrected chi connectivity index (χ0v) is 22.5. The molecule has 3 heterocycles. The number of methoxy groups -OCH3 is 1. The number of hydrogen-bond donors (Lipinski definition) is 3. The second kappa shape index (κ2) is 10.2. The molecule has 12 heteroatoms. The molecule has 0 spiro atoms. The molecular weight excluding hydrogens is 518 g/mol. The molecule has 39 heavy (non-hydrogen) atoms. The van der Waals surface area contributed by atoms with E-state index >= 15 is 0 Å². The van der Waals surface area contributed by atoms with E-state index in [1.54, 1.807) is 13.2 Å². The summed E-state index contributed by atoms with van der Waals surface area (Å²) in [4.78, 5) is 16.1. The fraction of sp³-hybridized carbons (Fsp3) is 0.296. The monoisotopic (exact) mass is 546 g/mol. The Morgan fingerprint density at radius 3 is 2.46 bits per heavy atom. The molecule has 0 unspecified atom stereocenters. The number of rotatable bonds is 10. The molecule has 0 aliphatic heterocycles. The highest BCUT2D eigenvalue weighted by Crippen LogP contribution is 2.63. The van der Waals surface area contributed by atoms with Gasteiger partial charge in [-0.1, -0.05) is 6.07 Å². The molecule has 1 amide bonds. The lowest BCUT2D eigenvalue weighted by atomic mass is 10.1. The van der Waals surface area contributed by atoms with Gasteiger partial charge in [-0.2, -0.15) is 5.10 Å². The molecule has 0 saturated heterocycles. The van der Waals surface area contributed by atoms with Crippen molar-refractivity contribution in [3.05, 3.63) is 60.2 Å². The van der Waals surface area contributed by atoms with Crippen molar-refractivity contribution in [2.75, 3.05) is 17.7 Å². The number of nitrogens with zero attached hydrogens (tertiary/aromatic N) is 5. The summed E-state index contributed by atoms with van der Waals surface area (Å²) in [7, 11) is 3.43. The maximum Gasteiger partial charge on any atom is 0.271 e. The number of aromatic nitrogens is 5. The molecule has 200 valence electrons. The fourth-order valence-electron chi connectivity index (χ4n) is 4.72. The minimum Gasteiger partial charge on any atom is -0.494 e. The van der Waals surface area contributed by atoms with Crippen molar-refractivity contribution in [1.29, 1.82) is 0 Å². The minimum absolute atomic E-state index is 0.0419. The zero-order chi connectivity index (χ0) is 27.1. The number of hydrogen-bond acceptors (Lipinski definition) is 8. The van der Waals surface area contributed by atoms with E-state index in [1.165, 1.54) is 43.3 Å². The van der Waals surface area contributed by atoms with Gasteiger partial charge in [-0.05, 0) is 75.3 Å². The molecule has 4 aromatic rings. The number of halogens is 1. The Kier molecular flexibility index (Phi) is 6.60. The van der Waals surface area contributed by atoms with E-state index in [4.69, 9.17) is 15.6 Å². The van der Waals surface area contributed by atoms with E-state index in [0.717, 1.165) is 28.8 Å². The van der Waals surface area contributed by atoms with E-state index in [1.807, 2.05) is 29.9 Å². The first-order valence-corrected chi connectivity index (χ1v) is 14.2. The third kappa shape index (κ3) is 5.27. The standard InChI is InChI=1S/C27H28FN8O2P/c1-36-24(39(16-7-8-16)17-9-10-17)13-20(35-36)18-4-3-5-19(26(18)38-2)31-21-12-23(33-34-25(21)27(29)37)32-22-11-6-15(28)14-30-22/h3-6,11-14,16-17H,7-10H2,1-2H3,(H2,29,37)(H2,30,31,32,33). The van der Waals surface area contributed by atoms with Gasteiger partial charge in [-0.3, -0.25) is 9.48 Å². The third-order valence-electron chi connectivity index (χ3n) is 6.78. The zero-order valence-electron chi connectivity index (χ0n) is 21.6. The van der Waals surface area contributed by atoms with Crippen LogP contribution in [0.5, 0.6) is 5.75 Å². The van der Waals surface area contributed by atoms with Crippen LogP contribution >= 0.6 is 7.92 Å². The van der Waals surface area contributed by atoms with Crippen LogP contribution in [0.4, 0.5) is 27.4 Å². The van der Waals surface area contributed by atoms with Gasteiger partial charge in [0.05, 0.1) is 35.8 Å². The van der Waals surface area contributed by atoms with Gasteiger partial charge in [0.2, 0.25) is 0 Å². The van der Waals surface area contributed by atoms with Gasteiger partial charge in [0.1, 0.15) is 11.6 Å². The summed E-state index contributed by atoms with van der Waals surface area (Å²) >= 11 is 0. The topological polar surface area (TPSA) is 133 Å². The largest absolute Gasteiger partial charge is 0.494 e. The smallest absolute Gasteiger partial charge is 0.271 e. The highest BCUT2D eigenvalue weighted by Gasteiger charge is 2.43. The van der Waals surface area contributed by atoms with E-state index in [0.29, 0.717) is 28.8 Å². The Labute approximate surface area is 225 Å². The molecule has 6 rings (SSSR count). The average Bonchev–Trinajstić information content (AvgIpc) is 3.86. The van der Waals surface area contributed by atoms with Gasteiger partial charge < -0.3 is 21.1 Å². The molecule has 10 nitrogen and oxygen atoms in total. The number of pyridine rings is 1. The quantitative estimate of drug-likeness (QED) is 0.249. The molecule has 3 aromatic heterocycles. The van der Waals surface area contributed by atoms with Crippen molar-refractivity contribution in [3.63, 3.8) is 0 Å². The summed E-state index contributed by atoms with van der Waals surface area (Å²) in [6, 6.07) is 12.3. The number of nitrogens with one attached hydrogen (secondary N) is 2. The summed E-state index contributed by atoms with van der Waals surface area (Å²) in [5, 5.41) is 19.1. The van der Waals surface area contributed by atoms with Crippen LogP contribution in [0.2, 0.25) is 0 Å². The van der Waals surface area contributed by atoms with Gasteiger partial charge in [-0.15, -0.1) is 10.2 Å². The van der Waals surface area contributed by atoms with Crippen molar-refractivity contribution < 1.29 is 13.9 Å². The van der Waals surface area contributed by atoms with Crippen LogP contribution in [-0.4, -0.2) is 49.3 Å². The lowest BCUT2D eigenvalue weighted by molar-refractivity contribution is 0.0995. The number of ether oxygens (including phenoxy) is 1. The van der Waals surface area contributed by atoms with E-state index in [-0.39, 0.29) is 13.6 Å². The Bertz CT molecular complexity index is 1520. The van der Waals surface area contributed by atoms with Crippen molar-refractivity contribution in [3.8, 4) is 17.0 Å². The molecule has 0 radical (unpaired) electrons. The number of benzene rings is 1. The summed E-state index contributed by atoms with van der Waals surface area (Å²) < 4.78 is 21.1. The van der Waals surface area contributed by atoms with Crippen molar-refractivity contribution in [2.24, 2.45) is 12.8 Å². The van der Waals surface area contributed by atoms with Crippen LogP contribution in [0.15, 0.2) is 48.7 Å². The first-order chi connectivity index (χ1) is 18.9. The molecular formula is C27H28FN8O2P. The van der Waals surface area contributed by atoms with E-state index in [2.05, 4.69) is 31.9 Å². The summed E-state index contributed by atoms with van der Waals surface area (Å²) in [5.74, 6) is 0.0356. The van der Waals surface area contributed by atoms with Gasteiger partial charge in [0.25, 0.3) is 5.91 Å². The molecule has 0 atom stereocenters. The lowest BCUT2D eigenvalue weighted by Gasteiger charge is -2.16. The Morgan fingerprint density at radius 1 is 1.05 bits per heavy atom. The van der Waals surface area contributed by atoms with E-state index < -0.39 is 11.7 Å². The SMILES string of the molecule is COc1c(Nc2cc(Nc3ccc(F)cn3)nnc2C(N)=O)cccc1-c1cc(P(C2CC2)C2CC2)n(C)n1. The maximum absolute atomic E-state index is 13.2. The molecule has 2 fully saturated rings. The number of para-hydroxylation sites is 1. The van der Waals surface area contributed by atoms with E-state index in [9.17, 15) is 9.18 Å². The van der Waals surface area contributed by atoms with Crippen LogP contribution in [0.1, 0.15) is 36.2 Å². The van der Waals surface area contributed by atoms with Crippen LogP contribution in [0.25, 0.3) is 11.3 Å². The van der Waals surface area contributed by atoms with Gasteiger partial charge >= 0.3 is 0 Å². The minimum atomic E-state index is -0.741. The van der Waals surface area contributed by atoms with Crippen molar-refractivity contribution in [2.45, 2.75) is 37.0 Å². The highest BCUT2D eigenvalue weighted by atomic mass is 31.1. The summed E-state index contributed by atoms with van der Waals surface area (Å²) in [6.45, 7) is 0. The Morgan fingerprint density at radius 2 is 1.82 bits per heavy atom. The van der Waals surface area contributed by atoms with Crippen molar-refractivity contribution >= 4 is 42.3 Å². The van der Waals surface area contributed by atoms with Crippen LogP contribution in [-0.2, 0) is 7.05 Å². The van der Waals surface area contributed by atoms with Crippen LogP contribution < -0.4 is 26.5 Å². The normalized spacial score (nSPS) is 14.9. The Hall–Kier alpha value is -4.11. The third-order valence-corrected chi connectivity index (χ3v) is 10.3. The van der Waals surface area contributed by atoms with Crippen molar-refractivity contribution in [1.82, 2.24) is 25.0 Å². The summed E-state index contributed by atoms with van der Waals surface area (Å²) in [6.07, 6.45) is 6.37. The molecule has 2 saturated carbocycles. The Balaban J connectivity index is 1.33. The fourth-order valence-corrected chi connectivity index (χ4v) is 8.13. The molecule has 1 aromatic carbocycles. The average molecular weight is 547 g/mol. The second-order valence-electron chi connectivity index (χ2n) is 9.74. The number of carbonyl (C=O) groups is 1. The lowest BCUT2D eigenvalue weighted by Crippen LogP contribution is -2.17. The second-order valence-corrected chi connectivity index (χ2v) is 12.5. The summed E-state index contributed by atoms with van der Waals surface area (Å²) in [5.41, 5.74) is 11.1. The first kappa shape index (κ1) is 25.2. The molecule has 0 bridgehead atoms. The molecule has 2 aliphatic carbocycles. The predicted molar refractivity (Wildman–Crippen MR) is 149 cm³/mol. The van der Waals surface area contributed by atoms with Gasteiger partial charge in [-0.25, -0.2) is 9.37 Å². The molecule has 2 aliphatic rings. The van der Waals surface area contributed by atoms with Crippen LogP contribution in [0, 0.1) is 5.82 Å². The maximum atomic E-state index is 13.2.